The van der Waals surface area contributed by atoms with Crippen molar-refractivity contribution in [2.45, 2.75) is 13.2 Å². The Kier molecular flexibility index (Phi) is 4.57. The van der Waals surface area contributed by atoms with Crippen LogP contribution in [0.2, 0.25) is 0 Å². The molecule has 1 aromatic carbocycles. The van der Waals surface area contributed by atoms with Crippen LogP contribution in [0.1, 0.15) is 21.5 Å². The Labute approximate surface area is 105 Å². The zero-order chi connectivity index (χ0) is 14.4. The van der Waals surface area contributed by atoms with Gasteiger partial charge in [0.15, 0.2) is 0 Å². The molecule has 1 aromatic rings. The van der Waals surface area contributed by atoms with E-state index < -0.39 is 29.4 Å². The van der Waals surface area contributed by atoms with Crippen LogP contribution in [-0.2, 0) is 22.9 Å². The first kappa shape index (κ1) is 14.2. The highest BCUT2D eigenvalue weighted by atomic mass is 17.0. The minimum absolute atomic E-state index is 0.175. The van der Waals surface area contributed by atoms with Crippen molar-refractivity contribution < 1.29 is 29.7 Å². The fraction of sp³-hybridized carbons (Fsp3) is 0.222. The average Bonchev–Trinajstić information content (AvgIpc) is 2.33. The highest BCUT2D eigenvalue weighted by Gasteiger charge is 2.09. The van der Waals surface area contributed by atoms with Crippen LogP contribution in [0.25, 0.3) is 0 Å². The van der Waals surface area contributed by atoms with Gasteiger partial charge in [-0.15, -0.1) is 20.2 Å². The Hall–Kier alpha value is -2.91. The fourth-order valence-corrected chi connectivity index (χ4v) is 1.31. The number of benzene rings is 1. The molecule has 0 aliphatic heterocycles. The second-order valence-electron chi connectivity index (χ2n) is 3.34. The third-order valence-corrected chi connectivity index (χ3v) is 1.97. The van der Waals surface area contributed by atoms with E-state index in [-0.39, 0.29) is 16.7 Å². The van der Waals surface area contributed by atoms with Crippen molar-refractivity contribution in [3.63, 3.8) is 0 Å². The minimum Gasteiger partial charge on any atom is -0.478 e. The van der Waals surface area contributed by atoms with Crippen LogP contribution in [0.15, 0.2) is 18.2 Å². The summed E-state index contributed by atoms with van der Waals surface area (Å²) in [5, 5.41) is 26.9. The van der Waals surface area contributed by atoms with Gasteiger partial charge in [-0.2, -0.15) is 0 Å². The van der Waals surface area contributed by atoms with Crippen molar-refractivity contribution in [1.29, 1.82) is 0 Å². The molecule has 0 saturated heterocycles. The predicted octanol–water partition coefficient (Wildman–Crippen LogP) is 0.801. The normalized spacial score (nSPS) is 9.68. The number of carbonyl (C=O) groups is 1. The van der Waals surface area contributed by atoms with E-state index in [0.717, 1.165) is 0 Å². The summed E-state index contributed by atoms with van der Waals surface area (Å²) in [5.41, 5.74) is 0.212. The smallest absolute Gasteiger partial charge is 0.335 e. The number of hydrogen-bond acceptors (Lipinski definition) is 7. The van der Waals surface area contributed by atoms with E-state index in [2.05, 4.69) is 9.68 Å². The second kappa shape index (κ2) is 6.14. The first-order valence-electron chi connectivity index (χ1n) is 4.79. The van der Waals surface area contributed by atoms with Gasteiger partial charge in [0.2, 0.25) is 0 Å². The molecule has 0 aliphatic rings. The molecule has 19 heavy (non-hydrogen) atoms. The number of carboxylic acid groups (broad SMARTS) is 1. The van der Waals surface area contributed by atoms with Crippen LogP contribution in [0, 0.1) is 20.2 Å². The van der Waals surface area contributed by atoms with E-state index in [1.807, 2.05) is 0 Å². The SMILES string of the molecule is O=C(O)c1cc(CO[N+](=O)[O-])cc(CO[N+](=O)[O-])c1. The van der Waals surface area contributed by atoms with E-state index >= 15 is 0 Å². The molecule has 1 rings (SSSR count). The quantitative estimate of drug-likeness (QED) is 0.567. The number of rotatable bonds is 7. The third kappa shape index (κ3) is 4.85. The summed E-state index contributed by atoms with van der Waals surface area (Å²) in [6, 6.07) is 3.66. The summed E-state index contributed by atoms with van der Waals surface area (Å²) >= 11 is 0. The van der Waals surface area contributed by atoms with Gasteiger partial charge in [0.25, 0.3) is 10.2 Å². The van der Waals surface area contributed by atoms with Gasteiger partial charge in [-0.25, -0.2) is 4.79 Å². The van der Waals surface area contributed by atoms with Crippen molar-refractivity contribution in [3.05, 3.63) is 55.1 Å². The maximum Gasteiger partial charge on any atom is 0.335 e. The van der Waals surface area contributed by atoms with Gasteiger partial charge in [-0.3, -0.25) is 0 Å². The molecule has 10 heteroatoms. The van der Waals surface area contributed by atoms with Crippen LogP contribution >= 0.6 is 0 Å². The molecular weight excluding hydrogens is 264 g/mol. The molecule has 0 saturated carbocycles. The number of nitrogens with zero attached hydrogens (tertiary/aromatic N) is 2. The Bertz CT molecular complexity index is 479. The lowest BCUT2D eigenvalue weighted by atomic mass is 10.1. The summed E-state index contributed by atoms with van der Waals surface area (Å²) in [6.45, 7) is -0.917. The molecule has 0 bridgehead atoms. The van der Waals surface area contributed by atoms with Crippen molar-refractivity contribution in [3.8, 4) is 0 Å². The zero-order valence-corrected chi connectivity index (χ0v) is 9.35. The van der Waals surface area contributed by atoms with Crippen molar-refractivity contribution >= 4 is 5.97 Å². The van der Waals surface area contributed by atoms with E-state index in [1.165, 1.54) is 18.2 Å². The molecule has 10 nitrogen and oxygen atoms in total. The van der Waals surface area contributed by atoms with Crippen molar-refractivity contribution in [2.75, 3.05) is 0 Å². The molecular formula is C9H8N2O8. The van der Waals surface area contributed by atoms with Gasteiger partial charge >= 0.3 is 5.97 Å². The highest BCUT2D eigenvalue weighted by Crippen LogP contribution is 2.13. The molecule has 0 heterocycles. The summed E-state index contributed by atoms with van der Waals surface area (Å²) in [5.74, 6) is -1.27. The van der Waals surface area contributed by atoms with Gasteiger partial charge in [-0.1, -0.05) is 6.07 Å². The topological polar surface area (TPSA) is 142 Å². The second-order valence-corrected chi connectivity index (χ2v) is 3.34. The molecule has 1 N–H and O–H groups in total. The maximum atomic E-state index is 10.8. The van der Waals surface area contributed by atoms with Gasteiger partial charge in [0.05, 0.1) is 5.56 Å². The number of carboxylic acids is 1. The van der Waals surface area contributed by atoms with Crippen LogP contribution < -0.4 is 0 Å². The molecule has 0 radical (unpaired) electrons. The van der Waals surface area contributed by atoms with Gasteiger partial charge < -0.3 is 14.8 Å². The molecule has 0 aliphatic carbocycles. The standard InChI is InChI=1S/C9H8N2O8/c12-9(13)8-2-6(4-18-10(14)15)1-7(3-8)5-19-11(16)17/h1-3H,4-5H2,(H,12,13). The van der Waals surface area contributed by atoms with Gasteiger partial charge in [-0.05, 0) is 23.3 Å². The number of hydrogen-bond donors (Lipinski definition) is 1. The van der Waals surface area contributed by atoms with Crippen molar-refractivity contribution in [2.24, 2.45) is 0 Å². The Morgan fingerprint density at radius 2 is 1.47 bits per heavy atom. The Morgan fingerprint density at radius 3 is 1.79 bits per heavy atom. The minimum atomic E-state index is -1.27. The molecule has 0 spiro atoms. The molecule has 0 amide bonds. The van der Waals surface area contributed by atoms with Gasteiger partial charge in [0.1, 0.15) is 13.2 Å². The summed E-state index contributed by atoms with van der Waals surface area (Å²) in [6.07, 6.45) is 0. The lowest BCUT2D eigenvalue weighted by Gasteiger charge is -2.06. The monoisotopic (exact) mass is 272 g/mol. The van der Waals surface area contributed by atoms with Crippen LogP contribution in [0.5, 0.6) is 0 Å². The molecule has 0 aromatic heterocycles. The largest absolute Gasteiger partial charge is 0.478 e. The van der Waals surface area contributed by atoms with Crippen molar-refractivity contribution in [1.82, 2.24) is 0 Å². The maximum absolute atomic E-state index is 10.8. The predicted molar refractivity (Wildman–Crippen MR) is 57.0 cm³/mol. The molecule has 102 valence electrons. The van der Waals surface area contributed by atoms with E-state index in [0.29, 0.717) is 0 Å². The first-order chi connectivity index (χ1) is 8.88. The lowest BCUT2D eigenvalue weighted by molar-refractivity contribution is -0.763. The number of aromatic carboxylic acids is 1. The Balaban J connectivity index is 2.93. The summed E-state index contributed by atoms with van der Waals surface area (Å²) < 4.78 is 0. The summed E-state index contributed by atoms with van der Waals surface area (Å²) in [7, 11) is 0. The fourth-order valence-electron chi connectivity index (χ4n) is 1.31. The molecule has 0 unspecified atom stereocenters. The average molecular weight is 272 g/mol. The van der Waals surface area contributed by atoms with Crippen LogP contribution in [0.4, 0.5) is 0 Å². The molecule has 0 fully saturated rings. The van der Waals surface area contributed by atoms with E-state index in [9.17, 15) is 25.0 Å². The third-order valence-electron chi connectivity index (χ3n) is 1.97. The Morgan fingerprint density at radius 1 is 1.05 bits per heavy atom. The van der Waals surface area contributed by atoms with Crippen LogP contribution in [0.3, 0.4) is 0 Å². The highest BCUT2D eigenvalue weighted by molar-refractivity contribution is 5.88. The van der Waals surface area contributed by atoms with E-state index in [4.69, 9.17) is 5.11 Å². The van der Waals surface area contributed by atoms with E-state index in [1.54, 1.807) is 0 Å². The van der Waals surface area contributed by atoms with Gasteiger partial charge in [0, 0.05) is 0 Å². The lowest BCUT2D eigenvalue weighted by Crippen LogP contribution is -2.06. The zero-order valence-electron chi connectivity index (χ0n) is 9.35. The first-order valence-corrected chi connectivity index (χ1v) is 4.79. The molecule has 0 atom stereocenters. The summed E-state index contributed by atoms with van der Waals surface area (Å²) in [4.78, 5) is 39.1. The van der Waals surface area contributed by atoms with Crippen LogP contribution in [-0.4, -0.2) is 21.2 Å².